The number of benzene rings is 1. The zero-order valence-corrected chi connectivity index (χ0v) is 15.5. The van der Waals surface area contributed by atoms with Gasteiger partial charge in [0, 0.05) is 52.4 Å². The van der Waals surface area contributed by atoms with Crippen LogP contribution in [0.3, 0.4) is 0 Å². The van der Waals surface area contributed by atoms with E-state index in [9.17, 15) is 18.0 Å². The fraction of sp³-hybridized carbons (Fsp3) is 0.529. The summed E-state index contributed by atoms with van der Waals surface area (Å²) in [5.41, 5.74) is 0.424. The summed E-state index contributed by atoms with van der Waals surface area (Å²) >= 11 is 0. The Bertz CT molecular complexity index is 864. The SMILES string of the molecule is CN1C(=O)c2ccc(S(=O)(=O)N3CCC(N4CCNCC4)C3)cc2C1=O. The lowest BCUT2D eigenvalue weighted by atomic mass is 10.1. The predicted molar refractivity (Wildman–Crippen MR) is 94.5 cm³/mol. The zero-order chi connectivity index (χ0) is 18.5. The van der Waals surface area contributed by atoms with E-state index in [-0.39, 0.29) is 22.1 Å². The minimum atomic E-state index is -3.68. The second kappa shape index (κ2) is 6.41. The molecule has 1 aromatic carbocycles. The van der Waals surface area contributed by atoms with Gasteiger partial charge < -0.3 is 5.32 Å². The molecule has 1 N–H and O–H groups in total. The summed E-state index contributed by atoms with van der Waals surface area (Å²) in [7, 11) is -2.28. The lowest BCUT2D eigenvalue weighted by Gasteiger charge is -2.32. The molecule has 1 unspecified atom stereocenters. The Kier molecular flexibility index (Phi) is 4.34. The van der Waals surface area contributed by atoms with Crippen molar-refractivity contribution in [1.82, 2.24) is 19.4 Å². The number of hydrogen-bond donors (Lipinski definition) is 1. The first-order valence-corrected chi connectivity index (χ1v) is 10.2. The normalized spacial score (nSPS) is 25.1. The van der Waals surface area contributed by atoms with Crippen LogP contribution in [0, 0.1) is 0 Å². The van der Waals surface area contributed by atoms with Crippen molar-refractivity contribution in [2.75, 3.05) is 46.3 Å². The fourth-order valence-electron chi connectivity index (χ4n) is 3.92. The Morgan fingerprint density at radius 1 is 1.04 bits per heavy atom. The first-order valence-electron chi connectivity index (χ1n) is 8.81. The average Bonchev–Trinajstić information content (AvgIpc) is 3.24. The molecule has 0 spiro atoms. The Labute approximate surface area is 152 Å². The van der Waals surface area contributed by atoms with Gasteiger partial charge in [-0.1, -0.05) is 0 Å². The molecule has 4 rings (SSSR count). The van der Waals surface area contributed by atoms with Crippen molar-refractivity contribution in [3.05, 3.63) is 29.3 Å². The van der Waals surface area contributed by atoms with Crippen LogP contribution < -0.4 is 5.32 Å². The van der Waals surface area contributed by atoms with Gasteiger partial charge in [0.05, 0.1) is 16.0 Å². The minimum absolute atomic E-state index is 0.0775. The Hall–Kier alpha value is -1.81. The van der Waals surface area contributed by atoms with Crippen molar-refractivity contribution in [1.29, 1.82) is 0 Å². The van der Waals surface area contributed by atoms with Crippen molar-refractivity contribution in [3.8, 4) is 0 Å². The van der Waals surface area contributed by atoms with Gasteiger partial charge in [-0.2, -0.15) is 4.31 Å². The van der Waals surface area contributed by atoms with Crippen LogP contribution in [0.2, 0.25) is 0 Å². The van der Waals surface area contributed by atoms with Gasteiger partial charge in [0.25, 0.3) is 11.8 Å². The molecule has 140 valence electrons. The second-order valence-electron chi connectivity index (χ2n) is 6.97. The van der Waals surface area contributed by atoms with Gasteiger partial charge in [0.2, 0.25) is 10.0 Å². The van der Waals surface area contributed by atoms with Crippen molar-refractivity contribution in [2.24, 2.45) is 0 Å². The van der Waals surface area contributed by atoms with Crippen LogP contribution in [0.25, 0.3) is 0 Å². The van der Waals surface area contributed by atoms with E-state index in [1.165, 1.54) is 29.6 Å². The van der Waals surface area contributed by atoms with E-state index in [1.54, 1.807) is 0 Å². The molecule has 0 radical (unpaired) electrons. The summed E-state index contributed by atoms with van der Waals surface area (Å²) in [6.07, 6.45) is 0.810. The highest BCUT2D eigenvalue weighted by atomic mass is 32.2. The molecule has 1 aromatic rings. The van der Waals surface area contributed by atoms with E-state index in [0.717, 1.165) is 37.5 Å². The molecule has 0 bridgehead atoms. The van der Waals surface area contributed by atoms with Crippen LogP contribution in [0.5, 0.6) is 0 Å². The first-order chi connectivity index (χ1) is 12.4. The number of piperazine rings is 1. The van der Waals surface area contributed by atoms with Crippen LogP contribution >= 0.6 is 0 Å². The lowest BCUT2D eigenvalue weighted by molar-refractivity contribution is 0.0693. The van der Waals surface area contributed by atoms with E-state index < -0.39 is 21.8 Å². The number of nitrogens with one attached hydrogen (secondary N) is 1. The number of amides is 2. The minimum Gasteiger partial charge on any atom is -0.314 e. The van der Waals surface area contributed by atoms with Gasteiger partial charge in [-0.25, -0.2) is 8.42 Å². The third-order valence-corrected chi connectivity index (χ3v) is 7.35. The molecule has 0 aromatic heterocycles. The molecule has 26 heavy (non-hydrogen) atoms. The number of fused-ring (bicyclic) bond motifs is 1. The van der Waals surface area contributed by atoms with E-state index in [2.05, 4.69) is 10.2 Å². The maximum absolute atomic E-state index is 13.0. The molecule has 2 fully saturated rings. The van der Waals surface area contributed by atoms with Gasteiger partial charge >= 0.3 is 0 Å². The van der Waals surface area contributed by atoms with Crippen LogP contribution in [0.15, 0.2) is 23.1 Å². The highest BCUT2D eigenvalue weighted by Crippen LogP contribution is 2.28. The number of carbonyl (C=O) groups is 2. The van der Waals surface area contributed by atoms with Gasteiger partial charge in [0.1, 0.15) is 0 Å². The molecular formula is C17H22N4O4S. The molecule has 2 amide bonds. The predicted octanol–water partition coefficient (Wildman–Crippen LogP) is -0.419. The van der Waals surface area contributed by atoms with Gasteiger partial charge in [-0.3, -0.25) is 19.4 Å². The van der Waals surface area contributed by atoms with Gasteiger partial charge in [0.15, 0.2) is 0 Å². The van der Waals surface area contributed by atoms with Crippen molar-refractivity contribution in [2.45, 2.75) is 17.4 Å². The smallest absolute Gasteiger partial charge is 0.261 e. The third kappa shape index (κ3) is 2.75. The molecule has 8 nitrogen and oxygen atoms in total. The number of sulfonamides is 1. The van der Waals surface area contributed by atoms with Crippen molar-refractivity contribution >= 4 is 21.8 Å². The number of hydrogen-bond acceptors (Lipinski definition) is 6. The Morgan fingerprint density at radius 3 is 2.46 bits per heavy atom. The monoisotopic (exact) mass is 378 g/mol. The Balaban J connectivity index is 1.56. The molecule has 3 aliphatic rings. The first kappa shape index (κ1) is 17.6. The standard InChI is InChI=1S/C17H22N4O4S/c1-19-16(22)14-3-2-13(10-15(14)17(19)23)26(24,25)21-7-4-12(11-21)20-8-5-18-6-9-20/h2-3,10,12,18H,4-9,11H2,1H3. The number of imide groups is 1. The van der Waals surface area contributed by atoms with E-state index in [1.807, 2.05) is 0 Å². The molecule has 0 aliphatic carbocycles. The topological polar surface area (TPSA) is 90.0 Å². The summed E-state index contributed by atoms with van der Waals surface area (Å²) in [6, 6.07) is 4.44. The van der Waals surface area contributed by atoms with Crippen LogP contribution in [0.4, 0.5) is 0 Å². The Morgan fingerprint density at radius 2 is 1.73 bits per heavy atom. The molecule has 1 atom stereocenters. The number of nitrogens with zero attached hydrogens (tertiary/aromatic N) is 3. The highest BCUT2D eigenvalue weighted by molar-refractivity contribution is 7.89. The van der Waals surface area contributed by atoms with Gasteiger partial charge in [-0.15, -0.1) is 0 Å². The quantitative estimate of drug-likeness (QED) is 0.719. The largest absolute Gasteiger partial charge is 0.314 e. The summed E-state index contributed by atoms with van der Waals surface area (Å²) in [5.74, 6) is -0.851. The molecule has 0 saturated carbocycles. The maximum atomic E-state index is 13.0. The third-order valence-electron chi connectivity index (χ3n) is 5.49. The highest BCUT2D eigenvalue weighted by Gasteiger charge is 2.38. The molecule has 3 heterocycles. The zero-order valence-electron chi connectivity index (χ0n) is 14.6. The van der Waals surface area contributed by atoms with E-state index in [0.29, 0.717) is 13.1 Å². The number of carbonyl (C=O) groups excluding carboxylic acids is 2. The summed E-state index contributed by atoms with van der Waals surface area (Å²) < 4.78 is 27.5. The summed E-state index contributed by atoms with van der Waals surface area (Å²) in [5, 5.41) is 3.30. The number of rotatable bonds is 3. The van der Waals surface area contributed by atoms with Crippen molar-refractivity contribution in [3.63, 3.8) is 0 Å². The maximum Gasteiger partial charge on any atom is 0.261 e. The lowest BCUT2D eigenvalue weighted by Crippen LogP contribution is -2.49. The second-order valence-corrected chi connectivity index (χ2v) is 8.91. The summed E-state index contributed by atoms with van der Waals surface area (Å²) in [6.45, 7) is 4.66. The van der Waals surface area contributed by atoms with E-state index >= 15 is 0 Å². The average molecular weight is 378 g/mol. The van der Waals surface area contributed by atoms with Crippen molar-refractivity contribution < 1.29 is 18.0 Å². The molecule has 9 heteroatoms. The van der Waals surface area contributed by atoms with E-state index in [4.69, 9.17) is 0 Å². The van der Waals surface area contributed by atoms with Crippen LogP contribution in [-0.4, -0.2) is 86.7 Å². The molecule has 3 aliphatic heterocycles. The van der Waals surface area contributed by atoms with Gasteiger partial charge in [-0.05, 0) is 24.6 Å². The van der Waals surface area contributed by atoms with Crippen LogP contribution in [0.1, 0.15) is 27.1 Å². The van der Waals surface area contributed by atoms with Crippen LogP contribution in [-0.2, 0) is 10.0 Å². The molecule has 2 saturated heterocycles. The molecular weight excluding hydrogens is 356 g/mol. The fourth-order valence-corrected chi connectivity index (χ4v) is 5.44. The summed E-state index contributed by atoms with van der Waals surface area (Å²) in [4.78, 5) is 27.6.